The van der Waals surface area contributed by atoms with E-state index in [1.807, 2.05) is 17.0 Å². The number of pyridine rings is 1. The molecule has 0 bridgehead atoms. The molecule has 5 nitrogen and oxygen atoms in total. The Morgan fingerprint density at radius 3 is 2.79 bits per heavy atom. The highest BCUT2D eigenvalue weighted by Gasteiger charge is 2.34. The van der Waals surface area contributed by atoms with Gasteiger partial charge in [0.05, 0.1) is 6.04 Å². The molecule has 2 fully saturated rings. The third-order valence-electron chi connectivity index (χ3n) is 3.76. The SMILES string of the molecule is O=C(C1C[C@H](Oc2ccncc2)CN1)N1CCCC1. The van der Waals surface area contributed by atoms with E-state index in [2.05, 4.69) is 10.3 Å². The number of rotatable bonds is 3. The molecule has 2 aliphatic heterocycles. The van der Waals surface area contributed by atoms with Crippen LogP contribution in [0, 0.1) is 0 Å². The van der Waals surface area contributed by atoms with Crippen LogP contribution in [0.15, 0.2) is 24.5 Å². The van der Waals surface area contributed by atoms with Gasteiger partial charge in [-0.25, -0.2) is 0 Å². The molecule has 2 saturated heterocycles. The molecule has 0 radical (unpaired) electrons. The fourth-order valence-corrected chi connectivity index (χ4v) is 2.75. The van der Waals surface area contributed by atoms with Crippen LogP contribution in [-0.4, -0.2) is 47.6 Å². The van der Waals surface area contributed by atoms with Gasteiger partial charge in [-0.15, -0.1) is 0 Å². The molecule has 19 heavy (non-hydrogen) atoms. The van der Waals surface area contributed by atoms with Crippen LogP contribution in [-0.2, 0) is 4.79 Å². The number of aromatic nitrogens is 1. The summed E-state index contributed by atoms with van der Waals surface area (Å²) < 4.78 is 5.85. The van der Waals surface area contributed by atoms with Gasteiger partial charge in [0.25, 0.3) is 0 Å². The van der Waals surface area contributed by atoms with Crippen molar-refractivity contribution in [3.05, 3.63) is 24.5 Å². The number of likely N-dealkylation sites (tertiary alicyclic amines) is 1. The summed E-state index contributed by atoms with van der Waals surface area (Å²) in [5.74, 6) is 1.05. The van der Waals surface area contributed by atoms with E-state index < -0.39 is 0 Å². The van der Waals surface area contributed by atoms with Crippen molar-refractivity contribution in [1.82, 2.24) is 15.2 Å². The second-order valence-corrected chi connectivity index (χ2v) is 5.15. The number of ether oxygens (including phenoxy) is 1. The number of carbonyl (C=O) groups excluding carboxylic acids is 1. The van der Waals surface area contributed by atoms with Crippen LogP contribution < -0.4 is 10.1 Å². The second kappa shape index (κ2) is 5.57. The molecule has 1 N–H and O–H groups in total. The molecule has 102 valence electrons. The molecule has 2 aliphatic rings. The molecule has 0 saturated carbocycles. The minimum atomic E-state index is -0.0788. The molecule has 2 atom stereocenters. The maximum absolute atomic E-state index is 12.2. The Morgan fingerprint density at radius 2 is 2.05 bits per heavy atom. The summed E-state index contributed by atoms with van der Waals surface area (Å²) in [5.41, 5.74) is 0. The van der Waals surface area contributed by atoms with E-state index in [9.17, 15) is 4.79 Å². The first kappa shape index (κ1) is 12.4. The van der Waals surface area contributed by atoms with Crippen LogP contribution >= 0.6 is 0 Å². The summed E-state index contributed by atoms with van der Waals surface area (Å²) in [4.78, 5) is 18.2. The Hall–Kier alpha value is -1.62. The summed E-state index contributed by atoms with van der Waals surface area (Å²) in [6.45, 7) is 2.55. The van der Waals surface area contributed by atoms with E-state index in [-0.39, 0.29) is 18.1 Å². The first-order valence-electron chi connectivity index (χ1n) is 6.92. The lowest BCUT2D eigenvalue weighted by Gasteiger charge is -2.19. The average molecular weight is 261 g/mol. The van der Waals surface area contributed by atoms with Crippen molar-refractivity contribution >= 4 is 5.91 Å². The summed E-state index contributed by atoms with van der Waals surface area (Å²) >= 11 is 0. The van der Waals surface area contributed by atoms with Crippen molar-refractivity contribution in [2.24, 2.45) is 0 Å². The van der Waals surface area contributed by atoms with Gasteiger partial charge < -0.3 is 15.0 Å². The molecule has 1 aromatic rings. The van der Waals surface area contributed by atoms with E-state index in [0.29, 0.717) is 0 Å². The molecular weight excluding hydrogens is 242 g/mol. The summed E-state index contributed by atoms with van der Waals surface area (Å²) in [5, 5.41) is 3.27. The molecule has 0 aromatic carbocycles. The molecule has 3 rings (SSSR count). The Bertz CT molecular complexity index is 432. The Kier molecular flexibility index (Phi) is 3.64. The summed E-state index contributed by atoms with van der Waals surface area (Å²) in [6, 6.07) is 3.61. The van der Waals surface area contributed by atoms with Crippen molar-refractivity contribution in [2.45, 2.75) is 31.4 Å². The molecule has 1 aromatic heterocycles. The van der Waals surface area contributed by atoms with Crippen molar-refractivity contribution in [2.75, 3.05) is 19.6 Å². The van der Waals surface area contributed by atoms with Crippen molar-refractivity contribution in [1.29, 1.82) is 0 Å². The Labute approximate surface area is 113 Å². The first-order chi connectivity index (χ1) is 9.33. The predicted octanol–water partition coefficient (Wildman–Crippen LogP) is 0.813. The van der Waals surface area contributed by atoms with Gasteiger partial charge in [0.15, 0.2) is 0 Å². The minimum Gasteiger partial charge on any atom is -0.489 e. The van der Waals surface area contributed by atoms with Crippen molar-refractivity contribution in [3.63, 3.8) is 0 Å². The molecule has 1 unspecified atom stereocenters. The summed E-state index contributed by atoms with van der Waals surface area (Å²) in [6.07, 6.45) is 6.51. The van der Waals surface area contributed by atoms with Gasteiger partial charge in [0.1, 0.15) is 11.9 Å². The fraction of sp³-hybridized carbons (Fsp3) is 0.571. The second-order valence-electron chi connectivity index (χ2n) is 5.15. The monoisotopic (exact) mass is 261 g/mol. The molecule has 1 amide bonds. The number of nitrogens with one attached hydrogen (secondary N) is 1. The van der Waals surface area contributed by atoms with Crippen LogP contribution in [0.3, 0.4) is 0 Å². The molecular formula is C14H19N3O2. The highest BCUT2D eigenvalue weighted by molar-refractivity contribution is 5.82. The van der Waals surface area contributed by atoms with Gasteiger partial charge in [0, 0.05) is 38.4 Å². The van der Waals surface area contributed by atoms with Gasteiger partial charge in [-0.2, -0.15) is 0 Å². The third-order valence-corrected chi connectivity index (χ3v) is 3.76. The fourth-order valence-electron chi connectivity index (χ4n) is 2.75. The lowest BCUT2D eigenvalue weighted by atomic mass is 10.2. The van der Waals surface area contributed by atoms with Gasteiger partial charge >= 0.3 is 0 Å². The zero-order valence-electron chi connectivity index (χ0n) is 10.9. The van der Waals surface area contributed by atoms with Crippen molar-refractivity contribution < 1.29 is 9.53 Å². The number of amides is 1. The predicted molar refractivity (Wildman–Crippen MR) is 70.9 cm³/mol. The zero-order chi connectivity index (χ0) is 13.1. The average Bonchev–Trinajstić information content (AvgIpc) is 3.10. The molecule has 0 spiro atoms. The Balaban J connectivity index is 1.53. The van der Waals surface area contributed by atoms with Crippen LogP contribution in [0.1, 0.15) is 19.3 Å². The Morgan fingerprint density at radius 1 is 1.32 bits per heavy atom. The van der Waals surface area contributed by atoms with Crippen LogP contribution in [0.2, 0.25) is 0 Å². The van der Waals surface area contributed by atoms with Crippen LogP contribution in [0.5, 0.6) is 5.75 Å². The quantitative estimate of drug-likeness (QED) is 0.875. The maximum atomic E-state index is 12.2. The highest BCUT2D eigenvalue weighted by atomic mass is 16.5. The minimum absolute atomic E-state index is 0.0685. The highest BCUT2D eigenvalue weighted by Crippen LogP contribution is 2.19. The standard InChI is InChI=1S/C14H19N3O2/c18-14(17-7-1-2-8-17)13-9-12(10-16-13)19-11-3-5-15-6-4-11/h3-6,12-13,16H,1-2,7-10H2/t12-,13?/m0/s1. The lowest BCUT2D eigenvalue weighted by molar-refractivity contribution is -0.132. The first-order valence-corrected chi connectivity index (χ1v) is 6.92. The number of hydrogen-bond donors (Lipinski definition) is 1. The van der Waals surface area contributed by atoms with Gasteiger partial charge in [0.2, 0.25) is 5.91 Å². The van der Waals surface area contributed by atoms with Gasteiger partial charge in [-0.3, -0.25) is 9.78 Å². The molecule has 0 aliphatic carbocycles. The zero-order valence-corrected chi connectivity index (χ0v) is 10.9. The van der Waals surface area contributed by atoms with Gasteiger partial charge in [-0.1, -0.05) is 0 Å². The van der Waals surface area contributed by atoms with Crippen molar-refractivity contribution in [3.8, 4) is 5.75 Å². The van der Waals surface area contributed by atoms with E-state index in [4.69, 9.17) is 4.74 Å². The van der Waals surface area contributed by atoms with E-state index >= 15 is 0 Å². The largest absolute Gasteiger partial charge is 0.489 e. The third kappa shape index (κ3) is 2.87. The van der Waals surface area contributed by atoms with E-state index in [1.54, 1.807) is 12.4 Å². The topological polar surface area (TPSA) is 54.5 Å². The van der Waals surface area contributed by atoms with Crippen LogP contribution in [0.25, 0.3) is 0 Å². The summed E-state index contributed by atoms with van der Waals surface area (Å²) in [7, 11) is 0. The lowest BCUT2D eigenvalue weighted by Crippen LogP contribution is -2.42. The number of hydrogen-bond acceptors (Lipinski definition) is 4. The normalized spacial score (nSPS) is 26.6. The maximum Gasteiger partial charge on any atom is 0.239 e. The van der Waals surface area contributed by atoms with Crippen LogP contribution in [0.4, 0.5) is 0 Å². The van der Waals surface area contributed by atoms with E-state index in [0.717, 1.165) is 44.6 Å². The smallest absolute Gasteiger partial charge is 0.239 e. The van der Waals surface area contributed by atoms with Gasteiger partial charge in [-0.05, 0) is 25.0 Å². The molecule has 5 heteroatoms. The van der Waals surface area contributed by atoms with E-state index in [1.165, 1.54) is 0 Å². The molecule has 3 heterocycles. The number of carbonyl (C=O) groups is 1. The number of nitrogens with zero attached hydrogens (tertiary/aromatic N) is 2.